The molecule has 2 heteroatoms. The third-order valence-electron chi connectivity index (χ3n) is 15.8. The first-order valence-electron chi connectivity index (χ1n) is 29.5. The van der Waals surface area contributed by atoms with E-state index in [9.17, 15) is 0 Å². The van der Waals surface area contributed by atoms with Gasteiger partial charge in [-0.25, -0.2) is 0 Å². The van der Waals surface area contributed by atoms with Crippen molar-refractivity contribution < 1.29 is 4.58 Å². The third-order valence-corrected chi connectivity index (χ3v) is 15.8. The lowest BCUT2D eigenvalue weighted by atomic mass is 9.81. The Morgan fingerprint density at radius 1 is 0.403 bits per heavy atom. The number of allylic oxidation sites excluding steroid dienone is 6. The molecule has 376 valence electrons. The van der Waals surface area contributed by atoms with Gasteiger partial charge in [0.05, 0.1) is 5.41 Å². The maximum absolute atomic E-state index is 2.64. The Hall–Kier alpha value is -2.87. The van der Waals surface area contributed by atoms with Gasteiger partial charge in [0, 0.05) is 47.5 Å². The second-order valence-electron chi connectivity index (χ2n) is 22.3. The first kappa shape index (κ1) is 56.7. The Morgan fingerprint density at radius 2 is 0.791 bits per heavy atom. The molecule has 2 heterocycles. The zero-order chi connectivity index (χ0) is 47.7. The lowest BCUT2D eigenvalue weighted by Crippen LogP contribution is -2.27. The molecule has 0 fully saturated rings. The number of hydrogen-bond acceptors (Lipinski definition) is 1. The number of fused-ring (bicyclic) bond motifs is 2. The van der Waals surface area contributed by atoms with E-state index in [1.54, 1.807) is 0 Å². The SMILES string of the molecule is CCCCCCCCCCCCCCCCCCCCN1/C(=C/C=C/C=C/C2=[N+](CCCCCCCCCCCCCCCCCCCC)c3ccccc3C2(C)C)C(C)(C)c2ccccc21. The molecule has 0 amide bonds. The number of hydrogen-bond donors (Lipinski definition) is 0. The van der Waals surface area contributed by atoms with Crippen molar-refractivity contribution in [2.75, 3.05) is 18.0 Å². The van der Waals surface area contributed by atoms with Gasteiger partial charge in [0.25, 0.3) is 0 Å². The Balaban J connectivity index is 1.17. The quantitative estimate of drug-likeness (QED) is 0.0366. The van der Waals surface area contributed by atoms with Crippen LogP contribution < -0.4 is 4.90 Å². The summed E-state index contributed by atoms with van der Waals surface area (Å²) in [4.78, 5) is 2.64. The molecule has 2 aliphatic rings. The molecule has 0 radical (unpaired) electrons. The van der Waals surface area contributed by atoms with E-state index >= 15 is 0 Å². The molecule has 2 aliphatic heterocycles. The largest absolute Gasteiger partial charge is 0.344 e. The molecule has 0 N–H and O–H groups in total. The molecule has 0 aromatic heterocycles. The predicted molar refractivity (Wildman–Crippen MR) is 300 cm³/mol. The van der Waals surface area contributed by atoms with Crippen molar-refractivity contribution in [2.45, 2.75) is 284 Å². The fourth-order valence-electron chi connectivity index (χ4n) is 11.5. The van der Waals surface area contributed by atoms with Crippen LogP contribution in [0.5, 0.6) is 0 Å². The van der Waals surface area contributed by atoms with Crippen LogP contribution in [0, 0.1) is 0 Å². The zero-order valence-corrected chi connectivity index (χ0v) is 45.3. The molecule has 2 aromatic rings. The van der Waals surface area contributed by atoms with Crippen LogP contribution in [0.15, 0.2) is 84.6 Å². The molecule has 0 atom stereocenters. The van der Waals surface area contributed by atoms with E-state index < -0.39 is 0 Å². The topological polar surface area (TPSA) is 6.25 Å². The highest BCUT2D eigenvalue weighted by atomic mass is 15.2. The van der Waals surface area contributed by atoms with E-state index in [4.69, 9.17) is 0 Å². The number of anilines is 1. The van der Waals surface area contributed by atoms with Gasteiger partial charge >= 0.3 is 0 Å². The van der Waals surface area contributed by atoms with Gasteiger partial charge in [-0.3, -0.25) is 0 Å². The molecule has 0 aliphatic carbocycles. The second kappa shape index (κ2) is 34.4. The van der Waals surface area contributed by atoms with Crippen LogP contribution in [0.2, 0.25) is 0 Å². The van der Waals surface area contributed by atoms with Crippen molar-refractivity contribution in [2.24, 2.45) is 0 Å². The van der Waals surface area contributed by atoms with Crippen LogP contribution in [0.1, 0.15) is 284 Å². The molecule has 0 spiro atoms. The van der Waals surface area contributed by atoms with Gasteiger partial charge in [0.2, 0.25) is 5.69 Å². The minimum absolute atomic E-state index is 0.00799. The van der Waals surface area contributed by atoms with E-state index in [0.717, 1.165) is 13.1 Å². The summed E-state index contributed by atoms with van der Waals surface area (Å²) in [6.45, 7) is 16.5. The van der Waals surface area contributed by atoms with Crippen LogP contribution in [0.25, 0.3) is 0 Å². The van der Waals surface area contributed by atoms with Crippen LogP contribution in [0.3, 0.4) is 0 Å². The van der Waals surface area contributed by atoms with Gasteiger partial charge in [-0.15, -0.1) is 0 Å². The maximum Gasteiger partial charge on any atom is 0.209 e. The Morgan fingerprint density at radius 3 is 1.25 bits per heavy atom. The van der Waals surface area contributed by atoms with Crippen LogP contribution >= 0.6 is 0 Å². The van der Waals surface area contributed by atoms with Crippen LogP contribution in [-0.2, 0) is 10.8 Å². The lowest BCUT2D eigenvalue weighted by Gasteiger charge is -2.27. The fraction of sp³-hybridized carbons (Fsp3) is 0.708. The summed E-state index contributed by atoms with van der Waals surface area (Å²) >= 11 is 0. The summed E-state index contributed by atoms with van der Waals surface area (Å²) < 4.78 is 2.64. The highest BCUT2D eigenvalue weighted by Crippen LogP contribution is 2.48. The second-order valence-corrected chi connectivity index (χ2v) is 22.3. The summed E-state index contributed by atoms with van der Waals surface area (Å²) in [6, 6.07) is 18.3. The van der Waals surface area contributed by atoms with Crippen molar-refractivity contribution in [3.63, 3.8) is 0 Å². The minimum atomic E-state index is -0.00799. The van der Waals surface area contributed by atoms with Crippen LogP contribution in [0.4, 0.5) is 11.4 Å². The molecule has 0 unspecified atom stereocenters. The van der Waals surface area contributed by atoms with E-state index in [1.807, 2.05) is 0 Å². The smallest absolute Gasteiger partial charge is 0.209 e. The number of rotatable bonds is 41. The normalized spacial score (nSPS) is 15.9. The summed E-state index contributed by atoms with van der Waals surface area (Å²) in [5.41, 5.74) is 8.59. The monoisotopic (exact) mass is 916 g/mol. The zero-order valence-electron chi connectivity index (χ0n) is 45.3. The van der Waals surface area contributed by atoms with Crippen molar-refractivity contribution >= 4 is 17.1 Å². The average molecular weight is 917 g/mol. The van der Waals surface area contributed by atoms with E-state index in [1.165, 1.54) is 265 Å². The number of unbranched alkanes of at least 4 members (excludes halogenated alkanes) is 34. The van der Waals surface area contributed by atoms with E-state index in [0.29, 0.717) is 0 Å². The highest BCUT2D eigenvalue weighted by molar-refractivity contribution is 6.03. The third kappa shape index (κ3) is 20.6. The molecule has 4 rings (SSSR count). The summed E-state index contributed by atoms with van der Waals surface area (Å²) in [5.74, 6) is 0. The van der Waals surface area contributed by atoms with E-state index in [-0.39, 0.29) is 10.8 Å². The van der Waals surface area contributed by atoms with Crippen molar-refractivity contribution in [1.82, 2.24) is 0 Å². The summed E-state index contributed by atoms with van der Waals surface area (Å²) in [5, 5.41) is 0. The van der Waals surface area contributed by atoms with Gasteiger partial charge < -0.3 is 4.90 Å². The molecule has 2 nitrogen and oxygen atoms in total. The first-order valence-corrected chi connectivity index (χ1v) is 29.5. The number of nitrogens with zero attached hydrogens (tertiary/aromatic N) is 2. The van der Waals surface area contributed by atoms with Gasteiger partial charge in [-0.1, -0.05) is 294 Å². The highest BCUT2D eigenvalue weighted by Gasteiger charge is 2.44. The van der Waals surface area contributed by atoms with E-state index in [2.05, 4.69) is 130 Å². The fourth-order valence-corrected chi connectivity index (χ4v) is 11.5. The van der Waals surface area contributed by atoms with Gasteiger partial charge in [-0.2, -0.15) is 4.58 Å². The minimum Gasteiger partial charge on any atom is -0.344 e. The molecule has 0 bridgehead atoms. The molecule has 67 heavy (non-hydrogen) atoms. The van der Waals surface area contributed by atoms with Crippen molar-refractivity contribution in [3.05, 3.63) is 95.7 Å². The van der Waals surface area contributed by atoms with Gasteiger partial charge in [0.15, 0.2) is 5.71 Å². The maximum atomic E-state index is 2.64. The van der Waals surface area contributed by atoms with Crippen molar-refractivity contribution in [3.8, 4) is 0 Å². The van der Waals surface area contributed by atoms with Crippen LogP contribution in [-0.4, -0.2) is 23.4 Å². The van der Waals surface area contributed by atoms with Crippen molar-refractivity contribution in [1.29, 1.82) is 0 Å². The Kier molecular flexibility index (Phi) is 29.1. The number of para-hydroxylation sites is 2. The average Bonchev–Trinajstić information content (AvgIpc) is 3.68. The summed E-state index contributed by atoms with van der Waals surface area (Å²) in [7, 11) is 0. The lowest BCUT2D eigenvalue weighted by molar-refractivity contribution is -0.438. The molecular formula is C65H107N2+. The molecular weight excluding hydrogens is 809 g/mol. The first-order chi connectivity index (χ1) is 32.8. The Bertz CT molecular complexity index is 1700. The predicted octanol–water partition coefficient (Wildman–Crippen LogP) is 20.9. The molecule has 0 saturated heterocycles. The Labute approximate surface area is 417 Å². The van der Waals surface area contributed by atoms with Gasteiger partial charge in [0.1, 0.15) is 6.54 Å². The number of benzene rings is 2. The molecule has 2 aromatic carbocycles. The standard InChI is InChI=1S/C65H107N2/c1-7-9-11-13-15-17-19-21-23-25-27-29-31-33-35-37-39-48-56-66-60-52-46-44-50-58(60)64(3,4)62(66)54-42-41-43-55-63-65(5,6)59-51-45-47-53-61(59)67(63)57-49-40-38-36-34-32-30-28-26-24-22-20-18-16-14-12-10-8-2/h41-47,50-55H,7-40,48-49,56-57H2,1-6H3/q+1. The summed E-state index contributed by atoms with van der Waals surface area (Å²) in [6.07, 6.45) is 62.8. The van der Waals surface area contributed by atoms with Gasteiger partial charge in [-0.05, 0) is 44.4 Å². The molecule has 0 saturated carbocycles.